The number of anilines is 1. The Morgan fingerprint density at radius 3 is 2.61 bits per heavy atom. The van der Waals surface area contributed by atoms with Crippen molar-refractivity contribution in [3.8, 4) is 0 Å². The zero-order chi connectivity index (χ0) is 13.3. The quantitative estimate of drug-likeness (QED) is 0.864. The third kappa shape index (κ3) is 3.30. The highest BCUT2D eigenvalue weighted by Gasteiger charge is 2.24. The van der Waals surface area contributed by atoms with Gasteiger partial charge in [-0.2, -0.15) is 0 Å². The molecule has 0 bridgehead atoms. The van der Waals surface area contributed by atoms with Crippen molar-refractivity contribution in [2.75, 3.05) is 5.32 Å². The van der Waals surface area contributed by atoms with E-state index in [4.69, 9.17) is 5.14 Å². The normalized spacial score (nSPS) is 15.4. The number of carbonyl (C=O) groups excluding carboxylic acids is 1. The Labute approximate surface area is 106 Å². The summed E-state index contributed by atoms with van der Waals surface area (Å²) in [7, 11) is -3.69. The highest BCUT2D eigenvalue weighted by atomic mass is 32.2. The third-order valence-electron chi connectivity index (χ3n) is 2.97. The summed E-state index contributed by atoms with van der Waals surface area (Å²) < 4.78 is 22.3. The Bertz CT molecular complexity index is 577. The first kappa shape index (κ1) is 13.0. The van der Waals surface area contributed by atoms with Crippen molar-refractivity contribution in [1.29, 1.82) is 0 Å². The Kier molecular flexibility index (Phi) is 3.41. The van der Waals surface area contributed by atoms with Gasteiger partial charge in [0, 0.05) is 12.1 Å². The smallest absolute Gasteiger partial charge is 0.238 e. The fourth-order valence-electron chi connectivity index (χ4n) is 1.74. The Morgan fingerprint density at radius 2 is 2.11 bits per heavy atom. The van der Waals surface area contributed by atoms with Gasteiger partial charge in [-0.1, -0.05) is 0 Å². The van der Waals surface area contributed by atoms with Gasteiger partial charge in [0.1, 0.15) is 0 Å². The first-order valence-corrected chi connectivity index (χ1v) is 7.34. The maximum absolute atomic E-state index is 11.6. The van der Waals surface area contributed by atoms with Crippen molar-refractivity contribution in [2.45, 2.75) is 31.1 Å². The second-order valence-electron chi connectivity index (χ2n) is 4.72. The van der Waals surface area contributed by atoms with E-state index in [0.29, 0.717) is 23.6 Å². The second kappa shape index (κ2) is 4.70. The molecule has 1 aromatic rings. The van der Waals surface area contributed by atoms with E-state index >= 15 is 0 Å². The lowest BCUT2D eigenvalue weighted by Gasteiger charge is -2.09. The minimum absolute atomic E-state index is 0.0241. The number of rotatable bonds is 4. The molecule has 6 heteroatoms. The maximum atomic E-state index is 11.6. The van der Waals surface area contributed by atoms with Crippen LogP contribution in [0.15, 0.2) is 23.1 Å². The van der Waals surface area contributed by atoms with Gasteiger partial charge in [0.25, 0.3) is 0 Å². The molecule has 5 nitrogen and oxygen atoms in total. The van der Waals surface area contributed by atoms with Crippen molar-refractivity contribution < 1.29 is 13.2 Å². The molecule has 0 saturated heterocycles. The number of benzene rings is 1. The molecule has 0 atom stereocenters. The molecule has 1 saturated carbocycles. The number of sulfonamides is 1. The van der Waals surface area contributed by atoms with E-state index in [9.17, 15) is 13.2 Å². The summed E-state index contributed by atoms with van der Waals surface area (Å²) in [6.07, 6.45) is 2.78. The van der Waals surface area contributed by atoms with Gasteiger partial charge in [-0.15, -0.1) is 0 Å². The maximum Gasteiger partial charge on any atom is 0.238 e. The lowest BCUT2D eigenvalue weighted by Crippen LogP contribution is -2.15. The molecule has 18 heavy (non-hydrogen) atoms. The lowest BCUT2D eigenvalue weighted by molar-refractivity contribution is -0.116. The van der Waals surface area contributed by atoms with Crippen LogP contribution >= 0.6 is 0 Å². The summed E-state index contributed by atoms with van der Waals surface area (Å²) in [6, 6.07) is 4.43. The van der Waals surface area contributed by atoms with Crippen molar-refractivity contribution in [1.82, 2.24) is 0 Å². The zero-order valence-electron chi connectivity index (χ0n) is 10.1. The number of carbonyl (C=O) groups is 1. The number of nitrogens with two attached hydrogens (primary N) is 1. The number of nitrogens with one attached hydrogen (secondary N) is 1. The van der Waals surface area contributed by atoms with Crippen molar-refractivity contribution in [3.63, 3.8) is 0 Å². The van der Waals surface area contributed by atoms with Crippen LogP contribution in [0.1, 0.15) is 24.8 Å². The minimum Gasteiger partial charge on any atom is -0.326 e. The Morgan fingerprint density at radius 1 is 1.44 bits per heavy atom. The summed E-state index contributed by atoms with van der Waals surface area (Å²) in [5, 5.41) is 7.82. The molecule has 0 unspecified atom stereocenters. The van der Waals surface area contributed by atoms with Crippen molar-refractivity contribution >= 4 is 21.6 Å². The Hall–Kier alpha value is -1.40. The first-order valence-electron chi connectivity index (χ1n) is 5.79. The van der Waals surface area contributed by atoms with E-state index in [1.165, 1.54) is 12.1 Å². The highest BCUT2D eigenvalue weighted by Crippen LogP contribution is 2.32. The van der Waals surface area contributed by atoms with Crippen LogP contribution in [-0.4, -0.2) is 14.3 Å². The van der Waals surface area contributed by atoms with Crippen LogP contribution < -0.4 is 10.5 Å². The van der Waals surface area contributed by atoms with Gasteiger partial charge < -0.3 is 5.32 Å². The summed E-state index contributed by atoms with van der Waals surface area (Å²) in [4.78, 5) is 11.7. The van der Waals surface area contributed by atoms with Gasteiger partial charge in [-0.25, -0.2) is 13.6 Å². The lowest BCUT2D eigenvalue weighted by atomic mass is 10.2. The van der Waals surface area contributed by atoms with Gasteiger partial charge in [-0.05, 0) is 49.4 Å². The fourth-order valence-corrected chi connectivity index (χ4v) is 2.34. The van der Waals surface area contributed by atoms with Crippen molar-refractivity contribution in [2.24, 2.45) is 11.1 Å². The predicted octanol–water partition coefficient (Wildman–Crippen LogP) is 1.38. The molecule has 2 rings (SSSR count). The van der Waals surface area contributed by atoms with Crippen molar-refractivity contribution in [3.05, 3.63) is 23.8 Å². The van der Waals surface area contributed by atoms with Gasteiger partial charge in [0.2, 0.25) is 15.9 Å². The third-order valence-corrected chi connectivity index (χ3v) is 3.88. The van der Waals surface area contributed by atoms with Gasteiger partial charge >= 0.3 is 0 Å². The van der Waals surface area contributed by atoms with Gasteiger partial charge in [-0.3, -0.25) is 4.79 Å². The number of hydrogen-bond acceptors (Lipinski definition) is 3. The topological polar surface area (TPSA) is 89.3 Å². The molecular formula is C12H16N2O3S. The number of amides is 1. The first-order chi connectivity index (χ1) is 8.36. The van der Waals surface area contributed by atoms with E-state index < -0.39 is 10.0 Å². The summed E-state index contributed by atoms with van der Waals surface area (Å²) in [6.45, 7) is 1.74. The van der Waals surface area contributed by atoms with Crippen LogP contribution in [0.3, 0.4) is 0 Å². The van der Waals surface area contributed by atoms with Crippen LogP contribution in [0.4, 0.5) is 5.69 Å². The van der Waals surface area contributed by atoms with Gasteiger partial charge in [0.05, 0.1) is 4.90 Å². The zero-order valence-corrected chi connectivity index (χ0v) is 11.0. The molecule has 1 fully saturated rings. The second-order valence-corrected chi connectivity index (χ2v) is 6.28. The molecule has 1 aliphatic carbocycles. The molecule has 0 heterocycles. The average Bonchev–Trinajstić information content (AvgIpc) is 3.03. The summed E-state index contributed by atoms with van der Waals surface area (Å²) in [5.74, 6) is 0.498. The van der Waals surface area contributed by atoms with E-state index in [1.54, 1.807) is 13.0 Å². The number of aryl methyl sites for hydroxylation is 1. The number of hydrogen-bond donors (Lipinski definition) is 2. The molecule has 1 aromatic carbocycles. The monoisotopic (exact) mass is 268 g/mol. The minimum atomic E-state index is -3.69. The molecular weight excluding hydrogens is 252 g/mol. The summed E-state index contributed by atoms with van der Waals surface area (Å²) in [5.41, 5.74) is 1.32. The predicted molar refractivity (Wildman–Crippen MR) is 68.5 cm³/mol. The summed E-state index contributed by atoms with van der Waals surface area (Å²) >= 11 is 0. The van der Waals surface area contributed by atoms with Crippen LogP contribution in [0.2, 0.25) is 0 Å². The SMILES string of the molecule is Cc1cc(S(N)(=O)=O)ccc1NC(=O)CC1CC1. The van der Waals surface area contributed by atoms with Crippen LogP contribution in [0, 0.1) is 12.8 Å². The molecule has 98 valence electrons. The molecule has 0 aromatic heterocycles. The molecule has 1 aliphatic rings. The van der Waals surface area contributed by atoms with E-state index in [1.807, 2.05) is 0 Å². The molecule has 0 spiro atoms. The van der Waals surface area contributed by atoms with Crippen LogP contribution in [-0.2, 0) is 14.8 Å². The average molecular weight is 268 g/mol. The molecule has 0 aliphatic heterocycles. The van der Waals surface area contributed by atoms with E-state index in [2.05, 4.69) is 5.32 Å². The van der Waals surface area contributed by atoms with E-state index in [-0.39, 0.29) is 10.8 Å². The van der Waals surface area contributed by atoms with Crippen LogP contribution in [0.5, 0.6) is 0 Å². The van der Waals surface area contributed by atoms with Gasteiger partial charge in [0.15, 0.2) is 0 Å². The molecule has 0 radical (unpaired) electrons. The molecule has 1 amide bonds. The van der Waals surface area contributed by atoms with Crippen LogP contribution in [0.25, 0.3) is 0 Å². The number of primary sulfonamides is 1. The largest absolute Gasteiger partial charge is 0.326 e. The Balaban J connectivity index is 2.11. The fraction of sp³-hybridized carbons (Fsp3) is 0.417. The van der Waals surface area contributed by atoms with E-state index in [0.717, 1.165) is 12.8 Å². The standard InChI is InChI=1S/C12H16N2O3S/c1-8-6-10(18(13,16)17)4-5-11(8)14-12(15)7-9-2-3-9/h4-6,9H,2-3,7H2,1H3,(H,14,15)(H2,13,16,17). The molecule has 3 N–H and O–H groups in total. The highest BCUT2D eigenvalue weighted by molar-refractivity contribution is 7.89.